The quantitative estimate of drug-likeness (QED) is 0.407. The second-order valence-corrected chi connectivity index (χ2v) is 2.64. The summed E-state index contributed by atoms with van der Waals surface area (Å²) in [4.78, 5) is 10.5. The zero-order chi connectivity index (χ0) is 8.15. The molecule has 3 heteroatoms. The third-order valence-corrected chi connectivity index (χ3v) is 1.81. The van der Waals surface area contributed by atoms with Crippen molar-refractivity contribution in [1.29, 1.82) is 0 Å². The van der Waals surface area contributed by atoms with Crippen LogP contribution < -0.4 is 0 Å². The van der Waals surface area contributed by atoms with Crippen molar-refractivity contribution in [3.05, 3.63) is 35.4 Å². The molecule has 10 heavy (non-hydrogen) atoms. The number of hydrogen-bond donors (Lipinski definition) is 0. The lowest BCUT2D eigenvalue weighted by atomic mass is 10.3. The molecule has 54 valence electrons. The zero-order valence-corrected chi connectivity index (χ0v) is 7.58. The van der Waals surface area contributed by atoms with E-state index >= 15 is 0 Å². The standard InChI is InChI=1S/C7H6BrClO/c1-3-5(7(9)10)6(8)4-2/h3-4H,1-2H2/b6-5-. The lowest BCUT2D eigenvalue weighted by molar-refractivity contribution is -0.108. The van der Waals surface area contributed by atoms with Gasteiger partial charge >= 0.3 is 0 Å². The molecule has 0 spiro atoms. The molecule has 0 N–H and O–H groups in total. The van der Waals surface area contributed by atoms with Crippen molar-refractivity contribution >= 4 is 32.8 Å². The van der Waals surface area contributed by atoms with Crippen LogP contribution in [0, 0.1) is 0 Å². The Hall–Kier alpha value is -0.340. The van der Waals surface area contributed by atoms with Crippen molar-refractivity contribution in [2.75, 3.05) is 0 Å². The van der Waals surface area contributed by atoms with Gasteiger partial charge in [-0.25, -0.2) is 0 Å². The number of rotatable bonds is 3. The first kappa shape index (κ1) is 9.66. The Balaban J connectivity index is 4.79. The number of halogens is 2. The lowest BCUT2D eigenvalue weighted by Crippen LogP contribution is -1.90. The summed E-state index contributed by atoms with van der Waals surface area (Å²) in [5.41, 5.74) is 0.330. The largest absolute Gasteiger partial charge is 0.276 e. The average Bonchev–Trinajstić information content (AvgIpc) is 1.88. The van der Waals surface area contributed by atoms with Crippen LogP contribution in [-0.4, -0.2) is 5.24 Å². The van der Waals surface area contributed by atoms with Crippen molar-refractivity contribution in [3.8, 4) is 0 Å². The predicted molar refractivity (Wildman–Crippen MR) is 47.2 cm³/mol. The summed E-state index contributed by atoms with van der Waals surface area (Å²) in [7, 11) is 0. The molecule has 0 aromatic heterocycles. The maximum Gasteiger partial charge on any atom is 0.253 e. The van der Waals surface area contributed by atoms with Gasteiger partial charge in [0.25, 0.3) is 5.24 Å². The van der Waals surface area contributed by atoms with E-state index in [0.29, 0.717) is 10.1 Å². The maximum absolute atomic E-state index is 10.5. The molecule has 0 unspecified atom stereocenters. The first-order valence-corrected chi connectivity index (χ1v) is 3.65. The Morgan fingerprint density at radius 3 is 2.00 bits per heavy atom. The van der Waals surface area contributed by atoms with Gasteiger partial charge in [-0.15, -0.1) is 0 Å². The molecule has 0 aliphatic carbocycles. The number of carbonyl (C=O) groups excluding carboxylic acids is 1. The highest BCUT2D eigenvalue weighted by Gasteiger charge is 2.03. The zero-order valence-electron chi connectivity index (χ0n) is 5.23. The Labute approximate surface area is 73.2 Å². The van der Waals surface area contributed by atoms with Gasteiger partial charge in [0, 0.05) is 10.1 Å². The molecular weight excluding hydrogens is 215 g/mol. The molecule has 0 bridgehead atoms. The Bertz CT molecular complexity index is 206. The molecule has 0 atom stereocenters. The van der Waals surface area contributed by atoms with E-state index in [1.165, 1.54) is 12.2 Å². The maximum atomic E-state index is 10.5. The topological polar surface area (TPSA) is 17.1 Å². The van der Waals surface area contributed by atoms with E-state index in [4.69, 9.17) is 11.6 Å². The summed E-state index contributed by atoms with van der Waals surface area (Å²) in [6.07, 6.45) is 2.86. The summed E-state index contributed by atoms with van der Waals surface area (Å²) in [5.74, 6) is 0. The van der Waals surface area contributed by atoms with Crippen LogP contribution in [0.3, 0.4) is 0 Å². The fraction of sp³-hybridized carbons (Fsp3) is 0. The van der Waals surface area contributed by atoms with Crippen LogP contribution >= 0.6 is 27.5 Å². The van der Waals surface area contributed by atoms with Gasteiger partial charge in [0.05, 0.1) is 0 Å². The van der Waals surface area contributed by atoms with Crippen molar-refractivity contribution in [3.63, 3.8) is 0 Å². The minimum absolute atomic E-state index is 0.330. The first-order chi connectivity index (χ1) is 4.63. The minimum atomic E-state index is -0.540. The van der Waals surface area contributed by atoms with Crippen LogP contribution in [0.5, 0.6) is 0 Å². The Morgan fingerprint density at radius 1 is 1.40 bits per heavy atom. The second-order valence-electron chi connectivity index (χ2n) is 1.44. The fourth-order valence-corrected chi connectivity index (χ4v) is 1.02. The summed E-state index contributed by atoms with van der Waals surface area (Å²) in [6.45, 7) is 6.86. The lowest BCUT2D eigenvalue weighted by Gasteiger charge is -1.93. The van der Waals surface area contributed by atoms with Crippen LogP contribution in [0.2, 0.25) is 0 Å². The molecule has 0 aliphatic rings. The third kappa shape index (κ3) is 2.50. The smallest absolute Gasteiger partial charge is 0.253 e. The molecule has 1 nitrogen and oxygen atoms in total. The van der Waals surface area contributed by atoms with Gasteiger partial charge in [-0.2, -0.15) is 0 Å². The monoisotopic (exact) mass is 220 g/mol. The van der Waals surface area contributed by atoms with Crippen LogP contribution in [-0.2, 0) is 4.79 Å². The van der Waals surface area contributed by atoms with Crippen LogP contribution in [0.25, 0.3) is 0 Å². The number of carbonyl (C=O) groups is 1. The van der Waals surface area contributed by atoms with Crippen LogP contribution in [0.1, 0.15) is 0 Å². The molecule has 0 amide bonds. The highest BCUT2D eigenvalue weighted by Crippen LogP contribution is 2.15. The van der Waals surface area contributed by atoms with Gasteiger partial charge in [0.2, 0.25) is 0 Å². The van der Waals surface area contributed by atoms with Crippen molar-refractivity contribution in [2.24, 2.45) is 0 Å². The number of hydrogen-bond acceptors (Lipinski definition) is 1. The fourth-order valence-electron chi connectivity index (χ4n) is 0.382. The Morgan fingerprint density at radius 2 is 1.90 bits per heavy atom. The molecular formula is C7H6BrClO. The van der Waals surface area contributed by atoms with E-state index in [0.717, 1.165) is 0 Å². The molecule has 0 rings (SSSR count). The molecule has 0 saturated carbocycles. The molecule has 0 fully saturated rings. The summed E-state index contributed by atoms with van der Waals surface area (Å²) >= 11 is 8.26. The molecule has 0 heterocycles. The van der Waals surface area contributed by atoms with Gasteiger partial charge in [-0.1, -0.05) is 41.2 Å². The minimum Gasteiger partial charge on any atom is -0.276 e. The van der Waals surface area contributed by atoms with Crippen molar-refractivity contribution < 1.29 is 4.79 Å². The van der Waals surface area contributed by atoms with E-state index in [1.807, 2.05) is 0 Å². The average molecular weight is 221 g/mol. The van der Waals surface area contributed by atoms with E-state index in [1.54, 1.807) is 0 Å². The second kappa shape index (κ2) is 4.47. The first-order valence-electron chi connectivity index (χ1n) is 2.48. The van der Waals surface area contributed by atoms with Crippen molar-refractivity contribution in [2.45, 2.75) is 0 Å². The molecule has 0 aliphatic heterocycles. The highest BCUT2D eigenvalue weighted by atomic mass is 79.9. The van der Waals surface area contributed by atoms with Gasteiger partial charge in [0.15, 0.2) is 0 Å². The predicted octanol–water partition coefficient (Wildman–Crippen LogP) is 2.77. The van der Waals surface area contributed by atoms with E-state index in [-0.39, 0.29) is 0 Å². The van der Waals surface area contributed by atoms with Gasteiger partial charge in [0.1, 0.15) is 0 Å². The normalized spacial score (nSPS) is 11.8. The molecule has 0 aromatic carbocycles. The molecule has 0 saturated heterocycles. The van der Waals surface area contributed by atoms with E-state index in [2.05, 4.69) is 29.1 Å². The summed E-state index contributed by atoms with van der Waals surface area (Å²) in [6, 6.07) is 0. The SMILES string of the molecule is C=C/C(Br)=C(\C=C)C(=O)Cl. The van der Waals surface area contributed by atoms with Gasteiger partial charge in [-0.3, -0.25) is 4.79 Å². The van der Waals surface area contributed by atoms with Crippen LogP contribution in [0.15, 0.2) is 35.4 Å². The summed E-state index contributed by atoms with van der Waals surface area (Å²) in [5, 5.41) is -0.540. The Kier molecular flexibility index (Phi) is 4.32. The van der Waals surface area contributed by atoms with Crippen molar-refractivity contribution in [1.82, 2.24) is 0 Å². The highest BCUT2D eigenvalue weighted by molar-refractivity contribution is 9.12. The van der Waals surface area contributed by atoms with E-state index < -0.39 is 5.24 Å². The van der Waals surface area contributed by atoms with E-state index in [9.17, 15) is 4.79 Å². The van der Waals surface area contributed by atoms with Gasteiger partial charge in [-0.05, 0) is 11.6 Å². The summed E-state index contributed by atoms with van der Waals surface area (Å²) < 4.78 is 0.558. The molecule has 0 radical (unpaired) electrons. The van der Waals surface area contributed by atoms with Crippen LogP contribution in [0.4, 0.5) is 0 Å². The number of allylic oxidation sites excluding steroid dienone is 4. The third-order valence-electron chi connectivity index (χ3n) is 0.852. The van der Waals surface area contributed by atoms with Gasteiger partial charge < -0.3 is 0 Å². The molecule has 0 aromatic rings.